The van der Waals surface area contributed by atoms with E-state index in [0.717, 1.165) is 17.1 Å². The van der Waals surface area contributed by atoms with E-state index >= 15 is 0 Å². The lowest BCUT2D eigenvalue weighted by Crippen LogP contribution is -2.27. The SMILES string of the molecule is COc1ccc(N(C)C(=O)CCn2c(-c3ccc(C)cc3)n[nH]c2=S)cc1OC. The van der Waals surface area contributed by atoms with Crippen LogP contribution in [0.25, 0.3) is 11.4 Å². The van der Waals surface area contributed by atoms with Crippen LogP contribution in [0.4, 0.5) is 5.69 Å². The lowest BCUT2D eigenvalue weighted by molar-refractivity contribution is -0.118. The van der Waals surface area contributed by atoms with Crippen molar-refractivity contribution in [2.45, 2.75) is 19.9 Å². The Bertz CT molecular complexity index is 1060. The van der Waals surface area contributed by atoms with Gasteiger partial charge in [0.1, 0.15) is 0 Å². The van der Waals surface area contributed by atoms with Crippen LogP contribution in [0.3, 0.4) is 0 Å². The second-order valence-electron chi connectivity index (χ2n) is 6.61. The van der Waals surface area contributed by atoms with Gasteiger partial charge in [0, 0.05) is 37.3 Å². The maximum absolute atomic E-state index is 12.8. The van der Waals surface area contributed by atoms with Gasteiger partial charge in [-0.15, -0.1) is 0 Å². The third-order valence-corrected chi connectivity index (χ3v) is 5.06. The molecule has 1 aromatic heterocycles. The first-order valence-corrected chi connectivity index (χ1v) is 9.56. The van der Waals surface area contributed by atoms with E-state index in [-0.39, 0.29) is 12.3 Å². The van der Waals surface area contributed by atoms with Crippen molar-refractivity contribution in [3.63, 3.8) is 0 Å². The quantitative estimate of drug-likeness (QED) is 0.594. The number of hydrogen-bond donors (Lipinski definition) is 1. The molecule has 0 radical (unpaired) electrons. The van der Waals surface area contributed by atoms with Crippen molar-refractivity contribution in [1.29, 1.82) is 0 Å². The summed E-state index contributed by atoms with van der Waals surface area (Å²) >= 11 is 5.36. The number of nitrogens with one attached hydrogen (secondary N) is 1. The topological polar surface area (TPSA) is 72.4 Å². The van der Waals surface area contributed by atoms with Gasteiger partial charge in [0.2, 0.25) is 5.91 Å². The van der Waals surface area contributed by atoms with E-state index in [0.29, 0.717) is 22.8 Å². The molecule has 2 aromatic carbocycles. The van der Waals surface area contributed by atoms with Crippen LogP contribution in [0.1, 0.15) is 12.0 Å². The Morgan fingerprint density at radius 2 is 1.83 bits per heavy atom. The molecule has 0 aliphatic heterocycles. The van der Waals surface area contributed by atoms with Gasteiger partial charge in [-0.1, -0.05) is 29.8 Å². The van der Waals surface area contributed by atoms with Gasteiger partial charge in [-0.05, 0) is 31.3 Å². The molecule has 7 nitrogen and oxygen atoms in total. The fourth-order valence-corrected chi connectivity index (χ4v) is 3.22. The summed E-state index contributed by atoms with van der Waals surface area (Å²) in [5, 5.41) is 7.15. The van der Waals surface area contributed by atoms with Crippen LogP contribution in [0.2, 0.25) is 0 Å². The third kappa shape index (κ3) is 4.48. The van der Waals surface area contributed by atoms with Crippen molar-refractivity contribution in [3.8, 4) is 22.9 Å². The highest BCUT2D eigenvalue weighted by Gasteiger charge is 2.16. The number of aromatic amines is 1. The molecule has 1 N–H and O–H groups in total. The van der Waals surface area contributed by atoms with Crippen molar-refractivity contribution in [2.75, 3.05) is 26.2 Å². The number of methoxy groups -OCH3 is 2. The van der Waals surface area contributed by atoms with Crippen LogP contribution in [0.5, 0.6) is 11.5 Å². The molecule has 3 rings (SSSR count). The minimum absolute atomic E-state index is 0.0461. The molecule has 29 heavy (non-hydrogen) atoms. The molecule has 0 fully saturated rings. The first-order chi connectivity index (χ1) is 13.9. The lowest BCUT2D eigenvalue weighted by Gasteiger charge is -2.19. The maximum atomic E-state index is 12.8. The van der Waals surface area contributed by atoms with Crippen LogP contribution >= 0.6 is 12.2 Å². The van der Waals surface area contributed by atoms with Crippen LogP contribution < -0.4 is 14.4 Å². The summed E-state index contributed by atoms with van der Waals surface area (Å²) in [7, 11) is 4.88. The highest BCUT2D eigenvalue weighted by molar-refractivity contribution is 7.71. The fourth-order valence-electron chi connectivity index (χ4n) is 3.00. The molecule has 0 saturated heterocycles. The number of carbonyl (C=O) groups excluding carboxylic acids is 1. The van der Waals surface area contributed by atoms with Gasteiger partial charge < -0.3 is 14.4 Å². The Labute approximate surface area is 174 Å². The molecule has 8 heteroatoms. The number of anilines is 1. The molecule has 0 atom stereocenters. The second kappa shape index (κ2) is 8.91. The summed E-state index contributed by atoms with van der Waals surface area (Å²) in [6, 6.07) is 13.4. The van der Waals surface area contributed by atoms with Crippen molar-refractivity contribution in [3.05, 3.63) is 52.8 Å². The van der Waals surface area contributed by atoms with Crippen molar-refractivity contribution < 1.29 is 14.3 Å². The minimum atomic E-state index is -0.0461. The highest BCUT2D eigenvalue weighted by Crippen LogP contribution is 2.31. The average Bonchev–Trinajstić information content (AvgIpc) is 3.11. The number of nitrogens with zero attached hydrogens (tertiary/aromatic N) is 3. The normalized spacial score (nSPS) is 10.6. The molecule has 1 amide bonds. The van der Waals surface area contributed by atoms with E-state index in [1.807, 2.05) is 41.8 Å². The standard InChI is InChI=1S/C21H24N4O3S/c1-14-5-7-15(8-6-14)20-22-23-21(29)25(20)12-11-19(26)24(2)16-9-10-17(27-3)18(13-16)28-4/h5-10,13H,11-12H2,1-4H3,(H,23,29). The van der Waals surface area contributed by atoms with E-state index in [2.05, 4.69) is 10.2 Å². The summed E-state index contributed by atoms with van der Waals surface area (Å²) in [6.45, 7) is 2.46. The molecule has 1 heterocycles. The molecule has 152 valence electrons. The molecule has 0 saturated carbocycles. The van der Waals surface area contributed by atoms with E-state index in [1.54, 1.807) is 38.3 Å². The van der Waals surface area contributed by atoms with E-state index in [1.165, 1.54) is 5.56 Å². The average molecular weight is 413 g/mol. The monoisotopic (exact) mass is 412 g/mol. The number of aryl methyl sites for hydroxylation is 1. The number of rotatable bonds is 7. The zero-order valence-electron chi connectivity index (χ0n) is 16.9. The Balaban J connectivity index is 1.75. The van der Waals surface area contributed by atoms with Crippen LogP contribution in [0, 0.1) is 11.7 Å². The number of hydrogen-bond acceptors (Lipinski definition) is 5. The largest absolute Gasteiger partial charge is 0.493 e. The zero-order chi connectivity index (χ0) is 21.0. The maximum Gasteiger partial charge on any atom is 0.228 e. The second-order valence-corrected chi connectivity index (χ2v) is 7.00. The molecule has 0 spiro atoms. The Morgan fingerprint density at radius 3 is 2.48 bits per heavy atom. The number of H-pyrrole nitrogens is 1. The van der Waals surface area contributed by atoms with E-state index < -0.39 is 0 Å². The summed E-state index contributed by atoms with van der Waals surface area (Å²) in [6.07, 6.45) is 0.275. The first kappa shape index (κ1) is 20.6. The van der Waals surface area contributed by atoms with E-state index in [4.69, 9.17) is 21.7 Å². The Hall–Kier alpha value is -3.13. The van der Waals surface area contributed by atoms with Gasteiger partial charge in [0.05, 0.1) is 14.2 Å². The van der Waals surface area contributed by atoms with Crippen molar-refractivity contribution in [2.24, 2.45) is 0 Å². The molecule has 3 aromatic rings. The number of ether oxygens (including phenoxy) is 2. The van der Waals surface area contributed by atoms with Gasteiger partial charge in [-0.2, -0.15) is 5.10 Å². The molecular formula is C21H24N4O3S. The summed E-state index contributed by atoms with van der Waals surface area (Å²) in [5.41, 5.74) is 2.84. The van der Waals surface area contributed by atoms with E-state index in [9.17, 15) is 4.79 Å². The Kier molecular flexibility index (Phi) is 6.33. The van der Waals surface area contributed by atoms with Gasteiger partial charge in [0.15, 0.2) is 22.1 Å². The first-order valence-electron chi connectivity index (χ1n) is 9.15. The zero-order valence-corrected chi connectivity index (χ0v) is 17.7. The molecular weight excluding hydrogens is 388 g/mol. The number of benzene rings is 2. The molecule has 0 bridgehead atoms. The highest BCUT2D eigenvalue weighted by atomic mass is 32.1. The van der Waals surface area contributed by atoms with Crippen LogP contribution in [-0.2, 0) is 11.3 Å². The van der Waals surface area contributed by atoms with Gasteiger partial charge in [-0.3, -0.25) is 14.5 Å². The van der Waals surface area contributed by atoms with Crippen molar-refractivity contribution in [1.82, 2.24) is 14.8 Å². The van der Waals surface area contributed by atoms with Gasteiger partial charge in [0.25, 0.3) is 0 Å². The lowest BCUT2D eigenvalue weighted by atomic mass is 10.1. The molecule has 0 aliphatic carbocycles. The molecule has 0 unspecified atom stereocenters. The van der Waals surface area contributed by atoms with Crippen molar-refractivity contribution >= 4 is 23.8 Å². The predicted molar refractivity (Wildman–Crippen MR) is 115 cm³/mol. The number of aromatic nitrogens is 3. The summed E-state index contributed by atoms with van der Waals surface area (Å²) < 4.78 is 12.9. The van der Waals surface area contributed by atoms with Gasteiger partial charge >= 0.3 is 0 Å². The number of amides is 1. The summed E-state index contributed by atoms with van der Waals surface area (Å²) in [5.74, 6) is 1.86. The summed E-state index contributed by atoms with van der Waals surface area (Å²) in [4.78, 5) is 14.4. The van der Waals surface area contributed by atoms with Gasteiger partial charge in [-0.25, -0.2) is 0 Å². The smallest absolute Gasteiger partial charge is 0.228 e. The van der Waals surface area contributed by atoms with Crippen LogP contribution in [0.15, 0.2) is 42.5 Å². The van der Waals surface area contributed by atoms with Crippen LogP contribution in [-0.4, -0.2) is 41.9 Å². The Morgan fingerprint density at radius 1 is 1.14 bits per heavy atom. The predicted octanol–water partition coefficient (Wildman–Crippen LogP) is 3.99. The molecule has 0 aliphatic rings. The minimum Gasteiger partial charge on any atom is -0.493 e. The number of carbonyl (C=O) groups is 1. The fraction of sp³-hybridized carbons (Fsp3) is 0.286. The third-order valence-electron chi connectivity index (χ3n) is 4.75.